The van der Waals surface area contributed by atoms with E-state index in [1.165, 1.54) is 22.9 Å². The number of rotatable bonds is 6. The number of H-pyrrole nitrogens is 1. The highest BCUT2D eigenvalue weighted by atomic mass is 127. The van der Waals surface area contributed by atoms with E-state index in [0.717, 1.165) is 55.5 Å². The van der Waals surface area contributed by atoms with E-state index in [9.17, 15) is 0 Å². The first-order chi connectivity index (χ1) is 14.1. The Kier molecular flexibility index (Phi) is 8.05. The SMILES string of the molecule is CCNC(=NCCc1c[nH]c2ccc(Cl)cc12)N1CCC(Cc2cnn(C)c2)C1.I. The van der Waals surface area contributed by atoms with Crippen LogP contribution < -0.4 is 5.32 Å². The van der Waals surface area contributed by atoms with Gasteiger partial charge in [-0.2, -0.15) is 5.10 Å². The topological polar surface area (TPSA) is 61.2 Å². The summed E-state index contributed by atoms with van der Waals surface area (Å²) in [6.07, 6.45) is 9.34. The predicted octanol–water partition coefficient (Wildman–Crippen LogP) is 4.25. The number of fused-ring (bicyclic) bond motifs is 1. The highest BCUT2D eigenvalue weighted by molar-refractivity contribution is 14.0. The lowest BCUT2D eigenvalue weighted by atomic mass is 10.0. The summed E-state index contributed by atoms with van der Waals surface area (Å²) in [5.74, 6) is 1.68. The van der Waals surface area contributed by atoms with Crippen molar-refractivity contribution in [3.8, 4) is 0 Å². The van der Waals surface area contributed by atoms with Gasteiger partial charge in [0.05, 0.1) is 6.20 Å². The second-order valence-electron chi connectivity index (χ2n) is 7.82. The van der Waals surface area contributed by atoms with Gasteiger partial charge >= 0.3 is 0 Å². The smallest absolute Gasteiger partial charge is 0.193 e. The third-order valence-electron chi connectivity index (χ3n) is 5.58. The Labute approximate surface area is 200 Å². The zero-order chi connectivity index (χ0) is 20.2. The fraction of sp³-hybridized carbons (Fsp3) is 0.455. The largest absolute Gasteiger partial charge is 0.361 e. The number of halogens is 2. The van der Waals surface area contributed by atoms with Gasteiger partial charge in [-0.15, -0.1) is 24.0 Å². The average molecular weight is 541 g/mol. The average Bonchev–Trinajstić information content (AvgIpc) is 3.42. The Balaban J connectivity index is 0.00000256. The lowest BCUT2D eigenvalue weighted by Crippen LogP contribution is -2.40. The van der Waals surface area contributed by atoms with Crippen LogP contribution in [0, 0.1) is 5.92 Å². The van der Waals surface area contributed by atoms with Crippen molar-refractivity contribution >= 4 is 52.4 Å². The number of hydrogen-bond acceptors (Lipinski definition) is 2. The number of aliphatic imine (C=N–C) groups is 1. The minimum atomic E-state index is 0. The highest BCUT2D eigenvalue weighted by Gasteiger charge is 2.25. The molecule has 1 fully saturated rings. The molecule has 1 saturated heterocycles. The maximum absolute atomic E-state index is 6.17. The number of nitrogens with one attached hydrogen (secondary N) is 2. The first kappa shape index (κ1) is 22.9. The molecule has 0 spiro atoms. The number of aromatic amines is 1. The minimum absolute atomic E-state index is 0. The highest BCUT2D eigenvalue weighted by Crippen LogP contribution is 2.23. The van der Waals surface area contributed by atoms with Crippen molar-refractivity contribution in [2.45, 2.75) is 26.2 Å². The quantitative estimate of drug-likeness (QED) is 0.279. The molecule has 1 aromatic carbocycles. The van der Waals surface area contributed by atoms with Crippen LogP contribution in [-0.4, -0.2) is 51.8 Å². The number of guanidine groups is 1. The molecular formula is C22H30ClIN6. The van der Waals surface area contributed by atoms with Crippen molar-refractivity contribution in [1.29, 1.82) is 0 Å². The summed E-state index contributed by atoms with van der Waals surface area (Å²) in [6, 6.07) is 5.98. The Morgan fingerprint density at radius 1 is 1.40 bits per heavy atom. The number of benzene rings is 1. The Bertz CT molecular complexity index is 995. The summed E-state index contributed by atoms with van der Waals surface area (Å²) in [6.45, 7) is 5.86. The Hall–Kier alpha value is -1.74. The molecule has 8 heteroatoms. The minimum Gasteiger partial charge on any atom is -0.361 e. The van der Waals surface area contributed by atoms with Crippen LogP contribution in [-0.2, 0) is 19.9 Å². The van der Waals surface area contributed by atoms with E-state index in [-0.39, 0.29) is 24.0 Å². The second-order valence-corrected chi connectivity index (χ2v) is 8.25. The molecule has 1 unspecified atom stereocenters. The summed E-state index contributed by atoms with van der Waals surface area (Å²) >= 11 is 6.17. The summed E-state index contributed by atoms with van der Waals surface area (Å²) < 4.78 is 1.88. The maximum atomic E-state index is 6.17. The van der Waals surface area contributed by atoms with Crippen LogP contribution in [0.25, 0.3) is 10.9 Å². The van der Waals surface area contributed by atoms with Crippen LogP contribution in [0.15, 0.2) is 41.8 Å². The van der Waals surface area contributed by atoms with Crippen LogP contribution in [0.5, 0.6) is 0 Å². The first-order valence-corrected chi connectivity index (χ1v) is 10.8. The molecule has 0 aliphatic carbocycles. The summed E-state index contributed by atoms with van der Waals surface area (Å²) in [4.78, 5) is 10.6. The third kappa shape index (κ3) is 5.49. The molecule has 3 aromatic rings. The van der Waals surface area contributed by atoms with Crippen molar-refractivity contribution in [3.05, 3.63) is 52.9 Å². The van der Waals surface area contributed by atoms with Crippen molar-refractivity contribution in [3.63, 3.8) is 0 Å². The number of aromatic nitrogens is 3. The van der Waals surface area contributed by atoms with E-state index < -0.39 is 0 Å². The van der Waals surface area contributed by atoms with Crippen LogP contribution in [0.3, 0.4) is 0 Å². The molecule has 162 valence electrons. The molecule has 2 aromatic heterocycles. The van der Waals surface area contributed by atoms with E-state index >= 15 is 0 Å². The number of hydrogen-bond donors (Lipinski definition) is 2. The van der Waals surface area contributed by atoms with Crippen LogP contribution >= 0.6 is 35.6 Å². The van der Waals surface area contributed by atoms with Crippen LogP contribution in [0.4, 0.5) is 0 Å². The van der Waals surface area contributed by atoms with Gasteiger partial charge in [0.1, 0.15) is 0 Å². The zero-order valence-electron chi connectivity index (χ0n) is 17.6. The van der Waals surface area contributed by atoms with Crippen LogP contribution in [0.2, 0.25) is 5.02 Å². The predicted molar refractivity (Wildman–Crippen MR) is 135 cm³/mol. The fourth-order valence-corrected chi connectivity index (χ4v) is 4.34. The van der Waals surface area contributed by atoms with Gasteiger partial charge < -0.3 is 15.2 Å². The van der Waals surface area contributed by atoms with Gasteiger partial charge in [0, 0.05) is 61.5 Å². The first-order valence-electron chi connectivity index (χ1n) is 10.4. The summed E-state index contributed by atoms with van der Waals surface area (Å²) in [5, 5.41) is 9.72. The molecule has 0 amide bonds. The van der Waals surface area contributed by atoms with Gasteiger partial charge in [0.15, 0.2) is 5.96 Å². The van der Waals surface area contributed by atoms with Gasteiger partial charge in [0.2, 0.25) is 0 Å². The molecule has 1 atom stereocenters. The van der Waals surface area contributed by atoms with Gasteiger partial charge in [-0.25, -0.2) is 0 Å². The Morgan fingerprint density at radius 3 is 3.03 bits per heavy atom. The van der Waals surface area contributed by atoms with Gasteiger partial charge in [0.25, 0.3) is 0 Å². The summed E-state index contributed by atoms with van der Waals surface area (Å²) in [5.41, 5.74) is 3.70. The molecule has 0 radical (unpaired) electrons. The normalized spacial score (nSPS) is 16.8. The molecule has 4 rings (SSSR count). The third-order valence-corrected chi connectivity index (χ3v) is 5.81. The van der Waals surface area contributed by atoms with Gasteiger partial charge in [-0.3, -0.25) is 9.67 Å². The van der Waals surface area contributed by atoms with Crippen molar-refractivity contribution < 1.29 is 0 Å². The standard InChI is InChI=1S/C22H29ClN6.HI/c1-3-24-22(29-9-7-16(15-29)10-17-12-27-28(2)14-17)25-8-6-18-13-26-21-5-4-19(23)11-20(18)21;/h4-5,11-14,16,26H,3,6-10,15H2,1-2H3,(H,24,25);1H. The number of aryl methyl sites for hydroxylation is 1. The van der Waals surface area contributed by atoms with Crippen LogP contribution in [0.1, 0.15) is 24.5 Å². The Morgan fingerprint density at radius 2 is 2.27 bits per heavy atom. The molecular weight excluding hydrogens is 511 g/mol. The van der Waals surface area contributed by atoms with E-state index in [0.29, 0.717) is 5.92 Å². The lowest BCUT2D eigenvalue weighted by Gasteiger charge is -2.21. The lowest BCUT2D eigenvalue weighted by molar-refractivity contribution is 0.460. The molecule has 2 N–H and O–H groups in total. The molecule has 6 nitrogen and oxygen atoms in total. The molecule has 1 aliphatic heterocycles. The fourth-order valence-electron chi connectivity index (χ4n) is 4.17. The molecule has 3 heterocycles. The van der Waals surface area contributed by atoms with Crippen molar-refractivity contribution in [2.75, 3.05) is 26.2 Å². The van der Waals surface area contributed by atoms with Gasteiger partial charge in [-0.05, 0) is 61.4 Å². The van der Waals surface area contributed by atoms with Crippen molar-refractivity contribution in [1.82, 2.24) is 25.0 Å². The molecule has 30 heavy (non-hydrogen) atoms. The van der Waals surface area contributed by atoms with E-state index in [1.807, 2.05) is 36.1 Å². The number of nitrogens with zero attached hydrogens (tertiary/aromatic N) is 4. The summed E-state index contributed by atoms with van der Waals surface area (Å²) in [7, 11) is 1.97. The number of likely N-dealkylation sites (tertiary alicyclic amines) is 1. The molecule has 1 aliphatic rings. The van der Waals surface area contributed by atoms with Gasteiger partial charge in [-0.1, -0.05) is 11.6 Å². The zero-order valence-corrected chi connectivity index (χ0v) is 20.7. The molecule has 0 saturated carbocycles. The van der Waals surface area contributed by atoms with E-state index in [1.54, 1.807) is 0 Å². The molecule has 0 bridgehead atoms. The monoisotopic (exact) mass is 540 g/mol. The van der Waals surface area contributed by atoms with E-state index in [4.69, 9.17) is 16.6 Å². The van der Waals surface area contributed by atoms with Crippen molar-refractivity contribution in [2.24, 2.45) is 18.0 Å². The van der Waals surface area contributed by atoms with E-state index in [2.05, 4.69) is 39.6 Å². The maximum Gasteiger partial charge on any atom is 0.193 e. The second kappa shape index (κ2) is 10.5.